The maximum absolute atomic E-state index is 12.8. The molecule has 1 aromatic carbocycles. The van der Waals surface area contributed by atoms with Crippen LogP contribution in [0.5, 0.6) is 5.75 Å². The molecular weight excluding hydrogens is 332 g/mol. The fourth-order valence-corrected chi connectivity index (χ4v) is 3.01. The van der Waals surface area contributed by atoms with E-state index in [2.05, 4.69) is 10.4 Å². The van der Waals surface area contributed by atoms with Crippen molar-refractivity contribution in [3.05, 3.63) is 42.2 Å². The minimum atomic E-state index is -0.146. The number of aryl methyl sites for hydroxylation is 1. The second-order valence-corrected chi connectivity index (χ2v) is 6.38. The number of carbonyl (C=O) groups is 1. The molecule has 3 rings (SSSR count). The van der Waals surface area contributed by atoms with E-state index in [4.69, 9.17) is 9.47 Å². The monoisotopic (exact) mass is 358 g/mol. The number of ether oxygens (including phenoxy) is 2. The van der Waals surface area contributed by atoms with Crippen molar-refractivity contribution in [3.63, 3.8) is 0 Å². The molecule has 1 aliphatic heterocycles. The van der Waals surface area contributed by atoms with E-state index in [1.165, 1.54) is 0 Å². The van der Waals surface area contributed by atoms with Gasteiger partial charge in [-0.1, -0.05) is 12.1 Å². The first kappa shape index (κ1) is 18.3. The number of amides is 2. The zero-order valence-corrected chi connectivity index (χ0v) is 15.4. The Balaban J connectivity index is 1.69. The number of anilines is 1. The molecule has 0 aliphatic carbocycles. The van der Waals surface area contributed by atoms with Gasteiger partial charge in [0.05, 0.1) is 25.1 Å². The van der Waals surface area contributed by atoms with Gasteiger partial charge in [-0.25, -0.2) is 4.79 Å². The molecule has 1 saturated heterocycles. The van der Waals surface area contributed by atoms with E-state index in [0.717, 1.165) is 37.3 Å². The summed E-state index contributed by atoms with van der Waals surface area (Å²) < 4.78 is 12.7. The molecule has 0 radical (unpaired) electrons. The van der Waals surface area contributed by atoms with Crippen molar-refractivity contribution in [3.8, 4) is 5.75 Å². The van der Waals surface area contributed by atoms with Crippen LogP contribution in [0.4, 0.5) is 10.5 Å². The van der Waals surface area contributed by atoms with E-state index in [9.17, 15) is 4.79 Å². The smallest absolute Gasteiger partial charge is 0.322 e. The van der Waals surface area contributed by atoms with Crippen molar-refractivity contribution in [2.45, 2.75) is 39.0 Å². The number of rotatable bonds is 7. The van der Waals surface area contributed by atoms with E-state index >= 15 is 0 Å². The van der Waals surface area contributed by atoms with Gasteiger partial charge in [-0.05, 0) is 37.5 Å². The fourth-order valence-electron chi connectivity index (χ4n) is 3.01. The van der Waals surface area contributed by atoms with E-state index in [1.807, 2.05) is 37.4 Å². The topological polar surface area (TPSA) is 68.6 Å². The highest BCUT2D eigenvalue weighted by molar-refractivity contribution is 5.89. The number of methoxy groups -OCH3 is 1. The Morgan fingerprint density at radius 2 is 2.23 bits per heavy atom. The third-order valence-electron chi connectivity index (χ3n) is 4.48. The Kier molecular flexibility index (Phi) is 6.12. The Hall–Kier alpha value is -2.54. The minimum absolute atomic E-state index is 0.0948. The zero-order chi connectivity index (χ0) is 18.4. The molecule has 7 heteroatoms. The highest BCUT2D eigenvalue weighted by Gasteiger charge is 2.23. The fraction of sp³-hybridized carbons (Fsp3) is 0.474. The molecule has 2 aromatic rings. The lowest BCUT2D eigenvalue weighted by Crippen LogP contribution is -2.39. The Morgan fingerprint density at radius 3 is 2.85 bits per heavy atom. The molecule has 1 fully saturated rings. The highest BCUT2D eigenvalue weighted by Crippen LogP contribution is 2.18. The standard InChI is InChI=1S/C19H26N4O3/c1-3-23-13-16(11-20-23)21-19(24)22(14-18-5-4-10-26-18)12-15-6-8-17(25-2)9-7-15/h6-9,11,13,18H,3-5,10,12,14H2,1-2H3,(H,21,24). The molecule has 1 atom stereocenters. The predicted molar refractivity (Wildman–Crippen MR) is 99.3 cm³/mol. The number of hydrogen-bond acceptors (Lipinski definition) is 4. The molecule has 1 aromatic heterocycles. The van der Waals surface area contributed by atoms with Gasteiger partial charge in [0.15, 0.2) is 0 Å². The number of carbonyl (C=O) groups excluding carboxylic acids is 1. The molecule has 140 valence electrons. The second kappa shape index (κ2) is 8.71. The van der Waals surface area contributed by atoms with Gasteiger partial charge in [0.25, 0.3) is 0 Å². The molecule has 26 heavy (non-hydrogen) atoms. The quantitative estimate of drug-likeness (QED) is 0.826. The molecule has 2 heterocycles. The molecule has 0 bridgehead atoms. The van der Waals surface area contributed by atoms with Gasteiger partial charge in [-0.3, -0.25) is 4.68 Å². The summed E-state index contributed by atoms with van der Waals surface area (Å²) in [6.45, 7) is 4.62. The molecule has 0 saturated carbocycles. The lowest BCUT2D eigenvalue weighted by Gasteiger charge is -2.25. The van der Waals surface area contributed by atoms with Crippen LogP contribution >= 0.6 is 0 Å². The van der Waals surface area contributed by atoms with Crippen LogP contribution in [0.1, 0.15) is 25.3 Å². The Morgan fingerprint density at radius 1 is 1.42 bits per heavy atom. The van der Waals surface area contributed by atoms with Crippen LogP contribution in [0.2, 0.25) is 0 Å². The molecule has 1 N–H and O–H groups in total. The number of urea groups is 1. The van der Waals surface area contributed by atoms with Crippen molar-refractivity contribution in [1.82, 2.24) is 14.7 Å². The molecule has 1 aliphatic rings. The van der Waals surface area contributed by atoms with Gasteiger partial charge < -0.3 is 19.7 Å². The number of aromatic nitrogens is 2. The van der Waals surface area contributed by atoms with Gasteiger partial charge in [-0.15, -0.1) is 0 Å². The van der Waals surface area contributed by atoms with Gasteiger partial charge in [-0.2, -0.15) is 5.10 Å². The summed E-state index contributed by atoms with van der Waals surface area (Å²) in [5.41, 5.74) is 1.74. The van der Waals surface area contributed by atoms with Crippen LogP contribution in [-0.2, 0) is 17.8 Å². The largest absolute Gasteiger partial charge is 0.497 e. The molecule has 2 amide bonds. The third kappa shape index (κ3) is 4.76. The summed E-state index contributed by atoms with van der Waals surface area (Å²) >= 11 is 0. The van der Waals surface area contributed by atoms with Gasteiger partial charge in [0.2, 0.25) is 0 Å². The van der Waals surface area contributed by atoms with Crippen LogP contribution in [0.3, 0.4) is 0 Å². The van der Waals surface area contributed by atoms with Crippen molar-refractivity contribution in [2.75, 3.05) is 25.6 Å². The summed E-state index contributed by atoms with van der Waals surface area (Å²) in [6, 6.07) is 7.62. The predicted octanol–water partition coefficient (Wildman–Crippen LogP) is 3.12. The summed E-state index contributed by atoms with van der Waals surface area (Å²) in [7, 11) is 1.64. The van der Waals surface area contributed by atoms with Gasteiger partial charge in [0.1, 0.15) is 5.75 Å². The summed E-state index contributed by atoms with van der Waals surface area (Å²) in [6.07, 6.45) is 5.62. The Bertz CT molecular complexity index is 708. The lowest BCUT2D eigenvalue weighted by molar-refractivity contribution is 0.0819. The van der Waals surface area contributed by atoms with E-state index in [-0.39, 0.29) is 12.1 Å². The van der Waals surface area contributed by atoms with Crippen LogP contribution in [0.15, 0.2) is 36.7 Å². The first-order chi connectivity index (χ1) is 12.7. The number of nitrogens with one attached hydrogen (secondary N) is 1. The van der Waals surface area contributed by atoms with E-state index in [0.29, 0.717) is 18.8 Å². The van der Waals surface area contributed by atoms with E-state index < -0.39 is 0 Å². The zero-order valence-electron chi connectivity index (χ0n) is 15.4. The van der Waals surface area contributed by atoms with Gasteiger partial charge >= 0.3 is 6.03 Å². The number of nitrogens with zero attached hydrogens (tertiary/aromatic N) is 3. The van der Waals surface area contributed by atoms with Crippen LogP contribution in [0.25, 0.3) is 0 Å². The maximum atomic E-state index is 12.8. The first-order valence-electron chi connectivity index (χ1n) is 9.01. The summed E-state index contributed by atoms with van der Waals surface area (Å²) in [5.74, 6) is 0.802. The van der Waals surface area contributed by atoms with Crippen LogP contribution in [0, 0.1) is 0 Å². The Labute approximate surface area is 153 Å². The average molecular weight is 358 g/mol. The summed E-state index contributed by atoms with van der Waals surface area (Å²) in [4.78, 5) is 14.6. The highest BCUT2D eigenvalue weighted by atomic mass is 16.5. The number of benzene rings is 1. The van der Waals surface area contributed by atoms with Crippen molar-refractivity contribution < 1.29 is 14.3 Å². The average Bonchev–Trinajstić information content (AvgIpc) is 3.33. The molecule has 7 nitrogen and oxygen atoms in total. The van der Waals surface area contributed by atoms with Crippen LogP contribution in [-0.4, -0.2) is 47.1 Å². The van der Waals surface area contributed by atoms with Crippen LogP contribution < -0.4 is 10.1 Å². The second-order valence-electron chi connectivity index (χ2n) is 6.38. The van der Waals surface area contributed by atoms with Crippen molar-refractivity contribution >= 4 is 11.7 Å². The SMILES string of the molecule is CCn1cc(NC(=O)N(Cc2ccc(OC)cc2)CC2CCCO2)cn1. The maximum Gasteiger partial charge on any atom is 0.322 e. The third-order valence-corrected chi connectivity index (χ3v) is 4.48. The first-order valence-corrected chi connectivity index (χ1v) is 9.01. The molecular formula is C19H26N4O3. The summed E-state index contributed by atoms with van der Waals surface area (Å²) in [5, 5.41) is 7.14. The van der Waals surface area contributed by atoms with Crippen molar-refractivity contribution in [1.29, 1.82) is 0 Å². The van der Waals surface area contributed by atoms with Gasteiger partial charge in [0, 0.05) is 32.4 Å². The molecule has 1 unspecified atom stereocenters. The minimum Gasteiger partial charge on any atom is -0.497 e. The normalized spacial score (nSPS) is 16.5. The van der Waals surface area contributed by atoms with Crippen molar-refractivity contribution in [2.24, 2.45) is 0 Å². The lowest BCUT2D eigenvalue weighted by atomic mass is 10.2. The molecule has 0 spiro atoms. The van der Waals surface area contributed by atoms with E-state index in [1.54, 1.807) is 22.9 Å². The number of hydrogen-bond donors (Lipinski definition) is 1.